The number of likely N-dealkylation sites (tertiary alicyclic amines) is 1. The van der Waals surface area contributed by atoms with Crippen LogP contribution in [0, 0.1) is 5.92 Å². The van der Waals surface area contributed by atoms with E-state index in [9.17, 15) is 5.11 Å². The monoisotopic (exact) mass is 327 g/mol. The molecule has 1 aromatic rings. The third-order valence-corrected chi connectivity index (χ3v) is 4.38. The second kappa shape index (κ2) is 10.2. The van der Waals surface area contributed by atoms with Gasteiger partial charge in [0, 0.05) is 6.54 Å². The Kier molecular flexibility index (Phi) is 9.03. The van der Waals surface area contributed by atoms with Crippen molar-refractivity contribution in [3.63, 3.8) is 0 Å². The van der Waals surface area contributed by atoms with Gasteiger partial charge in [0.1, 0.15) is 0 Å². The van der Waals surface area contributed by atoms with Crippen LogP contribution in [0.3, 0.4) is 0 Å². The minimum absolute atomic E-state index is 0. The SMILES string of the molecule is CCC(OCC(O)CN1CCC(C)CC1)c1ccccc1.Cl. The predicted octanol–water partition coefficient (Wildman–Crippen LogP) is 3.67. The Morgan fingerprint density at radius 1 is 1.23 bits per heavy atom. The molecule has 2 atom stereocenters. The van der Waals surface area contributed by atoms with Gasteiger partial charge in [-0.05, 0) is 43.8 Å². The summed E-state index contributed by atoms with van der Waals surface area (Å²) in [4.78, 5) is 2.36. The van der Waals surface area contributed by atoms with Gasteiger partial charge >= 0.3 is 0 Å². The number of hydrogen-bond donors (Lipinski definition) is 1. The average molecular weight is 328 g/mol. The number of ether oxygens (including phenoxy) is 1. The average Bonchev–Trinajstić information content (AvgIpc) is 2.51. The molecular weight excluding hydrogens is 298 g/mol. The zero-order chi connectivity index (χ0) is 15.1. The van der Waals surface area contributed by atoms with Crippen LogP contribution in [0.25, 0.3) is 0 Å². The molecule has 0 aromatic heterocycles. The summed E-state index contributed by atoms with van der Waals surface area (Å²) >= 11 is 0. The van der Waals surface area contributed by atoms with E-state index in [1.54, 1.807) is 0 Å². The van der Waals surface area contributed by atoms with Gasteiger partial charge in [0.15, 0.2) is 0 Å². The maximum Gasteiger partial charge on any atom is 0.0900 e. The van der Waals surface area contributed by atoms with Crippen LogP contribution in [0.5, 0.6) is 0 Å². The quantitative estimate of drug-likeness (QED) is 0.829. The van der Waals surface area contributed by atoms with Crippen molar-refractivity contribution in [3.8, 4) is 0 Å². The number of β-amino-alcohol motifs (C(OH)–C–C–N with tert-alkyl or cyclic N) is 1. The molecule has 2 rings (SSSR count). The number of aliphatic hydroxyl groups is 1. The number of halogens is 1. The summed E-state index contributed by atoms with van der Waals surface area (Å²) in [5, 5.41) is 10.2. The molecule has 1 saturated heterocycles. The molecule has 1 fully saturated rings. The first-order chi connectivity index (χ1) is 10.2. The number of nitrogens with zero attached hydrogens (tertiary/aromatic N) is 1. The summed E-state index contributed by atoms with van der Waals surface area (Å²) in [5.41, 5.74) is 1.19. The Morgan fingerprint density at radius 3 is 2.45 bits per heavy atom. The van der Waals surface area contributed by atoms with E-state index in [1.807, 2.05) is 18.2 Å². The third-order valence-electron chi connectivity index (χ3n) is 4.38. The minimum Gasteiger partial charge on any atom is -0.389 e. The first-order valence-electron chi connectivity index (χ1n) is 8.26. The van der Waals surface area contributed by atoms with E-state index in [0.29, 0.717) is 6.61 Å². The van der Waals surface area contributed by atoms with E-state index in [0.717, 1.165) is 32.0 Å². The zero-order valence-corrected chi connectivity index (χ0v) is 14.6. The summed E-state index contributed by atoms with van der Waals surface area (Å²) in [6, 6.07) is 10.3. The molecule has 4 heteroatoms. The fourth-order valence-corrected chi connectivity index (χ4v) is 2.94. The molecule has 0 spiro atoms. The second-order valence-corrected chi connectivity index (χ2v) is 6.28. The van der Waals surface area contributed by atoms with Gasteiger partial charge in [0.05, 0.1) is 18.8 Å². The predicted molar refractivity (Wildman–Crippen MR) is 93.5 cm³/mol. The van der Waals surface area contributed by atoms with Crippen LogP contribution < -0.4 is 0 Å². The molecule has 2 unspecified atom stereocenters. The summed E-state index contributed by atoms with van der Waals surface area (Å²) in [5.74, 6) is 0.831. The Hall–Kier alpha value is -0.610. The van der Waals surface area contributed by atoms with Gasteiger partial charge in [-0.15, -0.1) is 12.4 Å². The smallest absolute Gasteiger partial charge is 0.0900 e. The van der Waals surface area contributed by atoms with Gasteiger partial charge in [-0.3, -0.25) is 0 Å². The number of benzene rings is 1. The Balaban J connectivity index is 0.00000242. The van der Waals surface area contributed by atoms with Crippen molar-refractivity contribution in [1.29, 1.82) is 0 Å². The topological polar surface area (TPSA) is 32.7 Å². The third kappa shape index (κ3) is 6.25. The first-order valence-corrected chi connectivity index (χ1v) is 8.26. The van der Waals surface area contributed by atoms with Crippen molar-refractivity contribution in [2.24, 2.45) is 5.92 Å². The number of hydrogen-bond acceptors (Lipinski definition) is 3. The highest BCUT2D eigenvalue weighted by Crippen LogP contribution is 2.21. The highest BCUT2D eigenvalue weighted by molar-refractivity contribution is 5.85. The molecule has 1 heterocycles. The summed E-state index contributed by atoms with van der Waals surface area (Å²) in [6.07, 6.45) is 3.11. The lowest BCUT2D eigenvalue weighted by Crippen LogP contribution is -2.40. The molecule has 3 nitrogen and oxygen atoms in total. The fourth-order valence-electron chi connectivity index (χ4n) is 2.94. The Labute approximate surface area is 141 Å². The van der Waals surface area contributed by atoms with E-state index >= 15 is 0 Å². The van der Waals surface area contributed by atoms with Crippen LogP contribution >= 0.6 is 12.4 Å². The first kappa shape index (κ1) is 19.4. The van der Waals surface area contributed by atoms with Gasteiger partial charge in [0.25, 0.3) is 0 Å². The van der Waals surface area contributed by atoms with Crippen molar-refractivity contribution in [2.75, 3.05) is 26.2 Å². The normalized spacial score (nSPS) is 19.4. The van der Waals surface area contributed by atoms with Crippen LogP contribution in [0.4, 0.5) is 0 Å². The zero-order valence-electron chi connectivity index (χ0n) is 13.8. The minimum atomic E-state index is -0.392. The van der Waals surface area contributed by atoms with Crippen molar-refractivity contribution >= 4 is 12.4 Å². The van der Waals surface area contributed by atoms with Crippen molar-refractivity contribution < 1.29 is 9.84 Å². The molecule has 22 heavy (non-hydrogen) atoms. The Bertz CT molecular complexity index is 393. The highest BCUT2D eigenvalue weighted by Gasteiger charge is 2.19. The van der Waals surface area contributed by atoms with Crippen LogP contribution in [-0.4, -0.2) is 42.4 Å². The molecule has 0 radical (unpaired) electrons. The number of aliphatic hydroxyl groups excluding tert-OH is 1. The maximum absolute atomic E-state index is 10.2. The lowest BCUT2D eigenvalue weighted by molar-refractivity contribution is -0.0264. The van der Waals surface area contributed by atoms with Crippen LogP contribution in [0.2, 0.25) is 0 Å². The van der Waals surface area contributed by atoms with Crippen LogP contribution in [0.1, 0.15) is 44.8 Å². The molecular formula is C18H30ClNO2. The molecule has 126 valence electrons. The van der Waals surface area contributed by atoms with Gasteiger partial charge in [-0.25, -0.2) is 0 Å². The molecule has 1 aliphatic rings. The van der Waals surface area contributed by atoms with E-state index in [2.05, 4.69) is 30.9 Å². The standard InChI is InChI=1S/C18H29NO2.ClH/c1-3-18(16-7-5-4-6-8-16)21-14-17(20)13-19-11-9-15(2)10-12-19;/h4-8,15,17-18,20H,3,9-14H2,1-2H3;1H. The molecule has 0 saturated carbocycles. The van der Waals surface area contributed by atoms with Crippen molar-refractivity contribution in [3.05, 3.63) is 35.9 Å². The summed E-state index contributed by atoms with van der Waals surface area (Å²) in [6.45, 7) is 7.79. The van der Waals surface area contributed by atoms with Gasteiger partial charge in [-0.1, -0.05) is 44.2 Å². The molecule has 0 aliphatic carbocycles. The fraction of sp³-hybridized carbons (Fsp3) is 0.667. The van der Waals surface area contributed by atoms with Gasteiger partial charge in [-0.2, -0.15) is 0 Å². The number of rotatable bonds is 7. The summed E-state index contributed by atoms with van der Waals surface area (Å²) in [7, 11) is 0. The van der Waals surface area contributed by atoms with Crippen LogP contribution in [0.15, 0.2) is 30.3 Å². The number of piperidine rings is 1. The largest absolute Gasteiger partial charge is 0.389 e. The second-order valence-electron chi connectivity index (χ2n) is 6.28. The molecule has 0 amide bonds. The summed E-state index contributed by atoms with van der Waals surface area (Å²) < 4.78 is 5.93. The van der Waals surface area contributed by atoms with E-state index in [1.165, 1.54) is 18.4 Å². The van der Waals surface area contributed by atoms with E-state index in [-0.39, 0.29) is 18.5 Å². The molecule has 0 bridgehead atoms. The van der Waals surface area contributed by atoms with Crippen LogP contribution in [-0.2, 0) is 4.74 Å². The lowest BCUT2D eigenvalue weighted by Gasteiger charge is -2.31. The van der Waals surface area contributed by atoms with Crippen molar-refractivity contribution in [2.45, 2.75) is 45.3 Å². The van der Waals surface area contributed by atoms with Crippen molar-refractivity contribution in [1.82, 2.24) is 4.90 Å². The Morgan fingerprint density at radius 2 is 1.86 bits per heavy atom. The van der Waals surface area contributed by atoms with Gasteiger partial charge < -0.3 is 14.7 Å². The highest BCUT2D eigenvalue weighted by atomic mass is 35.5. The molecule has 1 aromatic carbocycles. The molecule has 1 aliphatic heterocycles. The van der Waals surface area contributed by atoms with Gasteiger partial charge in [0.2, 0.25) is 0 Å². The van der Waals surface area contributed by atoms with E-state index < -0.39 is 6.10 Å². The lowest BCUT2D eigenvalue weighted by atomic mass is 9.99. The van der Waals surface area contributed by atoms with E-state index in [4.69, 9.17) is 4.74 Å². The maximum atomic E-state index is 10.2. The molecule has 1 N–H and O–H groups in total.